The fourth-order valence-electron chi connectivity index (χ4n) is 4.17. The SMILES string of the molecule is CCCCNC(=O)[C@@H](C)N(Cc1cccc(Cl)c1)C(=O)CN(c1cccc(Cl)c1C)S(=O)(=O)c1ccc(C)cc1. The van der Waals surface area contributed by atoms with Crippen LogP contribution in [-0.2, 0) is 26.2 Å². The molecule has 0 radical (unpaired) electrons. The molecule has 0 spiro atoms. The molecule has 1 N–H and O–H groups in total. The third-order valence-electron chi connectivity index (χ3n) is 6.63. The third-order valence-corrected chi connectivity index (χ3v) is 9.05. The minimum Gasteiger partial charge on any atom is -0.354 e. The Morgan fingerprint density at radius 3 is 2.30 bits per heavy atom. The minimum atomic E-state index is -4.18. The number of sulfonamides is 1. The zero-order chi connectivity index (χ0) is 29.4. The number of unbranched alkanes of at least 4 members (excludes halogenated alkanes) is 1. The Morgan fingerprint density at radius 2 is 1.65 bits per heavy atom. The molecule has 3 rings (SSSR count). The van der Waals surface area contributed by atoms with Crippen molar-refractivity contribution in [2.75, 3.05) is 17.4 Å². The number of rotatable bonds is 12. The highest BCUT2D eigenvalue weighted by Crippen LogP contribution is 2.31. The number of aryl methyl sites for hydroxylation is 1. The molecule has 0 unspecified atom stereocenters. The van der Waals surface area contributed by atoms with Crippen molar-refractivity contribution in [3.8, 4) is 0 Å². The first-order valence-corrected chi connectivity index (χ1v) is 15.3. The van der Waals surface area contributed by atoms with Crippen molar-refractivity contribution in [2.45, 2.75) is 58.0 Å². The number of benzene rings is 3. The van der Waals surface area contributed by atoms with Gasteiger partial charge in [-0.25, -0.2) is 8.42 Å². The van der Waals surface area contributed by atoms with Gasteiger partial charge in [0.2, 0.25) is 11.8 Å². The van der Waals surface area contributed by atoms with Gasteiger partial charge < -0.3 is 10.2 Å². The van der Waals surface area contributed by atoms with E-state index in [9.17, 15) is 18.0 Å². The van der Waals surface area contributed by atoms with Crippen LogP contribution in [0.2, 0.25) is 10.0 Å². The van der Waals surface area contributed by atoms with E-state index >= 15 is 0 Å². The van der Waals surface area contributed by atoms with Crippen molar-refractivity contribution in [2.24, 2.45) is 0 Å². The van der Waals surface area contributed by atoms with Crippen LogP contribution in [0.1, 0.15) is 43.4 Å². The summed E-state index contributed by atoms with van der Waals surface area (Å²) in [7, 11) is -4.18. The summed E-state index contributed by atoms with van der Waals surface area (Å²) in [5, 5.41) is 3.73. The van der Waals surface area contributed by atoms with Crippen LogP contribution in [0.4, 0.5) is 5.69 Å². The van der Waals surface area contributed by atoms with Crippen molar-refractivity contribution in [3.05, 3.63) is 93.5 Å². The maximum atomic E-state index is 14.0. The van der Waals surface area contributed by atoms with Gasteiger partial charge in [-0.15, -0.1) is 0 Å². The predicted molar refractivity (Wildman–Crippen MR) is 161 cm³/mol. The lowest BCUT2D eigenvalue weighted by molar-refractivity contribution is -0.139. The quantitative estimate of drug-likeness (QED) is 0.252. The summed E-state index contributed by atoms with van der Waals surface area (Å²) in [6.07, 6.45) is 1.71. The van der Waals surface area contributed by atoms with E-state index in [2.05, 4.69) is 5.32 Å². The highest BCUT2D eigenvalue weighted by Gasteiger charge is 2.33. The second kappa shape index (κ2) is 14.0. The summed E-state index contributed by atoms with van der Waals surface area (Å²) in [6, 6.07) is 17.5. The van der Waals surface area contributed by atoms with Crippen LogP contribution in [-0.4, -0.2) is 44.3 Å². The molecule has 0 saturated carbocycles. The summed E-state index contributed by atoms with van der Waals surface area (Å²) < 4.78 is 29.0. The molecule has 0 bridgehead atoms. The molecule has 3 aromatic carbocycles. The van der Waals surface area contributed by atoms with Crippen LogP contribution in [0.15, 0.2) is 71.6 Å². The van der Waals surface area contributed by atoms with Crippen molar-refractivity contribution in [3.63, 3.8) is 0 Å². The van der Waals surface area contributed by atoms with Crippen molar-refractivity contribution < 1.29 is 18.0 Å². The number of halogens is 2. The molecule has 0 heterocycles. The molecule has 40 heavy (non-hydrogen) atoms. The van der Waals surface area contributed by atoms with Crippen LogP contribution in [0.3, 0.4) is 0 Å². The van der Waals surface area contributed by atoms with Gasteiger partial charge >= 0.3 is 0 Å². The van der Waals surface area contributed by atoms with Crippen molar-refractivity contribution in [1.29, 1.82) is 0 Å². The lowest BCUT2D eigenvalue weighted by atomic mass is 10.1. The van der Waals surface area contributed by atoms with E-state index < -0.39 is 28.5 Å². The van der Waals surface area contributed by atoms with Gasteiger partial charge in [0.25, 0.3) is 10.0 Å². The molecule has 1 atom stereocenters. The van der Waals surface area contributed by atoms with Gasteiger partial charge in [-0.2, -0.15) is 0 Å². The van der Waals surface area contributed by atoms with Gasteiger partial charge in [-0.3, -0.25) is 13.9 Å². The Morgan fingerprint density at radius 1 is 0.975 bits per heavy atom. The van der Waals surface area contributed by atoms with Crippen LogP contribution in [0.25, 0.3) is 0 Å². The molecule has 0 aliphatic rings. The zero-order valence-corrected chi connectivity index (χ0v) is 25.5. The van der Waals surface area contributed by atoms with E-state index in [0.717, 1.165) is 22.7 Å². The number of amides is 2. The van der Waals surface area contributed by atoms with E-state index in [-0.39, 0.29) is 23.0 Å². The number of carbonyl (C=O) groups excluding carboxylic acids is 2. The van der Waals surface area contributed by atoms with Crippen LogP contribution >= 0.6 is 23.2 Å². The van der Waals surface area contributed by atoms with Gasteiger partial charge in [0, 0.05) is 23.1 Å². The van der Waals surface area contributed by atoms with Crippen LogP contribution in [0, 0.1) is 13.8 Å². The normalized spacial score (nSPS) is 12.1. The molecule has 0 aliphatic carbocycles. The van der Waals surface area contributed by atoms with E-state index in [1.165, 1.54) is 17.0 Å². The number of hydrogen-bond donors (Lipinski definition) is 1. The van der Waals surface area contributed by atoms with Crippen molar-refractivity contribution >= 4 is 50.7 Å². The molecule has 7 nitrogen and oxygen atoms in total. The Labute approximate surface area is 247 Å². The molecule has 0 aliphatic heterocycles. The first-order chi connectivity index (χ1) is 18.9. The zero-order valence-electron chi connectivity index (χ0n) is 23.2. The molecule has 0 fully saturated rings. The topological polar surface area (TPSA) is 86.8 Å². The van der Waals surface area contributed by atoms with E-state index in [0.29, 0.717) is 27.7 Å². The molecular weight excluding hydrogens is 569 g/mol. The number of hydrogen-bond acceptors (Lipinski definition) is 4. The number of nitrogens with zero attached hydrogens (tertiary/aromatic N) is 2. The van der Waals surface area contributed by atoms with Crippen LogP contribution in [0.5, 0.6) is 0 Å². The summed E-state index contributed by atoms with van der Waals surface area (Å²) in [6.45, 7) is 7.22. The molecule has 0 saturated heterocycles. The lowest BCUT2D eigenvalue weighted by Gasteiger charge is -2.32. The van der Waals surface area contributed by atoms with Gasteiger partial charge in [-0.1, -0.05) is 72.4 Å². The predicted octanol–water partition coefficient (Wildman–Crippen LogP) is 6.14. The molecule has 0 aromatic heterocycles. The smallest absolute Gasteiger partial charge is 0.264 e. The maximum absolute atomic E-state index is 14.0. The molecular formula is C30H35Cl2N3O4S. The second-order valence-corrected chi connectivity index (χ2v) is 12.4. The minimum absolute atomic E-state index is 0.0389. The summed E-state index contributed by atoms with van der Waals surface area (Å²) in [5.74, 6) is -0.871. The molecule has 3 aromatic rings. The Hall–Kier alpha value is -3.07. The standard InChI is InChI=1S/C30H35Cl2N3O4S/c1-5-6-17-33-30(37)23(4)34(19-24-9-7-10-25(31)18-24)29(36)20-35(28-12-8-11-27(32)22(28)3)40(38,39)26-15-13-21(2)14-16-26/h7-16,18,23H,5-6,17,19-20H2,1-4H3,(H,33,37)/t23-/m1/s1. The first-order valence-electron chi connectivity index (χ1n) is 13.1. The summed E-state index contributed by atoms with van der Waals surface area (Å²) in [5.41, 5.74) is 2.40. The Bertz CT molecular complexity index is 1450. The monoisotopic (exact) mass is 603 g/mol. The fraction of sp³-hybridized carbons (Fsp3) is 0.333. The highest BCUT2D eigenvalue weighted by atomic mass is 35.5. The van der Waals surface area contributed by atoms with Crippen molar-refractivity contribution in [1.82, 2.24) is 10.2 Å². The molecule has 10 heteroatoms. The second-order valence-electron chi connectivity index (χ2n) is 9.68. The maximum Gasteiger partial charge on any atom is 0.264 e. The Kier molecular flexibility index (Phi) is 11.0. The average Bonchev–Trinajstić information content (AvgIpc) is 2.92. The number of carbonyl (C=O) groups is 2. The van der Waals surface area contributed by atoms with Gasteiger partial charge in [0.1, 0.15) is 12.6 Å². The number of anilines is 1. The summed E-state index contributed by atoms with van der Waals surface area (Å²) in [4.78, 5) is 28.5. The average molecular weight is 605 g/mol. The van der Waals surface area contributed by atoms with Crippen LogP contribution < -0.4 is 9.62 Å². The fourth-order valence-corrected chi connectivity index (χ4v) is 6.02. The van der Waals surface area contributed by atoms with E-state index in [1.807, 2.05) is 13.8 Å². The van der Waals surface area contributed by atoms with E-state index in [4.69, 9.17) is 23.2 Å². The first kappa shape index (κ1) is 31.5. The highest BCUT2D eigenvalue weighted by molar-refractivity contribution is 7.92. The molecule has 2 amide bonds. The van der Waals surface area contributed by atoms with Gasteiger partial charge in [0.05, 0.1) is 10.6 Å². The van der Waals surface area contributed by atoms with Gasteiger partial charge in [-0.05, 0) is 74.7 Å². The lowest BCUT2D eigenvalue weighted by Crippen LogP contribution is -2.51. The van der Waals surface area contributed by atoms with E-state index in [1.54, 1.807) is 68.4 Å². The number of nitrogens with one attached hydrogen (secondary N) is 1. The molecule has 214 valence electrons. The largest absolute Gasteiger partial charge is 0.354 e. The summed E-state index contributed by atoms with van der Waals surface area (Å²) >= 11 is 12.6. The van der Waals surface area contributed by atoms with Gasteiger partial charge in [0.15, 0.2) is 0 Å². The third kappa shape index (κ3) is 7.77. The Balaban J connectivity index is 2.04.